The monoisotopic (exact) mass is 98.1 g/mol. The molecule has 0 radical (unpaired) electrons. The second-order valence-electron chi connectivity index (χ2n) is 1.46. The summed E-state index contributed by atoms with van der Waals surface area (Å²) >= 11 is 0. The minimum absolute atomic E-state index is 0.988. The number of nitrogens with zero attached hydrogens (tertiary/aromatic N) is 1. The van der Waals surface area contributed by atoms with Gasteiger partial charge in [-0.1, -0.05) is 12.5 Å². The van der Waals surface area contributed by atoms with E-state index in [1.165, 1.54) is 0 Å². The molecule has 0 atom stereocenters. The number of rotatable bonds is 2. The van der Waals surface area contributed by atoms with E-state index in [9.17, 15) is 0 Å². The van der Waals surface area contributed by atoms with Crippen molar-refractivity contribution in [1.82, 2.24) is 0 Å². The van der Waals surface area contributed by atoms with Crippen molar-refractivity contribution in [2.75, 3.05) is 0 Å². The van der Waals surface area contributed by atoms with Crippen molar-refractivity contribution in [2.45, 2.75) is 20.3 Å². The first-order chi connectivity index (χ1) is 3.31. The average molecular weight is 98.1 g/mol. The van der Waals surface area contributed by atoms with Gasteiger partial charge in [-0.2, -0.15) is 5.11 Å². The molecule has 40 valence electrons. The second kappa shape index (κ2) is 3.53. The van der Waals surface area contributed by atoms with Crippen LogP contribution in [0.25, 0.3) is 0 Å². The molecule has 0 aliphatic heterocycles. The van der Waals surface area contributed by atoms with Crippen molar-refractivity contribution < 1.29 is 0 Å². The van der Waals surface area contributed by atoms with Crippen LogP contribution in [0.5, 0.6) is 0 Å². The molecule has 0 saturated carbocycles. The molecular weight excluding hydrogens is 88.1 g/mol. The van der Waals surface area contributed by atoms with E-state index < -0.39 is 0 Å². The Morgan fingerprint density at radius 3 is 2.57 bits per heavy atom. The Morgan fingerprint density at radius 1 is 1.86 bits per heavy atom. The molecule has 2 heteroatoms. The van der Waals surface area contributed by atoms with Crippen LogP contribution in [0.2, 0.25) is 0 Å². The molecule has 0 unspecified atom stereocenters. The van der Waals surface area contributed by atoms with Crippen molar-refractivity contribution in [3.05, 3.63) is 11.8 Å². The maximum Gasteiger partial charge on any atom is 0.0477 e. The van der Waals surface area contributed by atoms with Crippen LogP contribution in [-0.2, 0) is 0 Å². The molecule has 0 aliphatic carbocycles. The SMILES string of the molecule is CC/C(C)=C/N=N. The summed E-state index contributed by atoms with van der Waals surface area (Å²) in [7, 11) is 0. The van der Waals surface area contributed by atoms with Crippen LogP contribution in [0.15, 0.2) is 16.9 Å². The lowest BCUT2D eigenvalue weighted by molar-refractivity contribution is 1.04. The van der Waals surface area contributed by atoms with Gasteiger partial charge in [-0.05, 0) is 13.3 Å². The average Bonchev–Trinajstić information content (AvgIpc) is 1.68. The highest BCUT2D eigenvalue weighted by Crippen LogP contribution is 1.95. The van der Waals surface area contributed by atoms with E-state index in [4.69, 9.17) is 5.53 Å². The lowest BCUT2D eigenvalue weighted by Crippen LogP contribution is -1.65. The van der Waals surface area contributed by atoms with E-state index in [0.29, 0.717) is 0 Å². The Balaban J connectivity index is 3.49. The molecule has 0 rings (SSSR count). The van der Waals surface area contributed by atoms with Crippen LogP contribution < -0.4 is 0 Å². The fraction of sp³-hybridized carbons (Fsp3) is 0.600. The molecule has 7 heavy (non-hydrogen) atoms. The maximum absolute atomic E-state index is 6.38. The predicted molar refractivity (Wildman–Crippen MR) is 29.2 cm³/mol. The van der Waals surface area contributed by atoms with Gasteiger partial charge in [0.05, 0.1) is 0 Å². The van der Waals surface area contributed by atoms with E-state index in [1.54, 1.807) is 6.20 Å². The van der Waals surface area contributed by atoms with Crippen LogP contribution in [0, 0.1) is 5.53 Å². The van der Waals surface area contributed by atoms with Gasteiger partial charge in [-0.15, -0.1) is 0 Å². The molecule has 0 spiro atoms. The summed E-state index contributed by atoms with van der Waals surface area (Å²) in [5.41, 5.74) is 7.53. The summed E-state index contributed by atoms with van der Waals surface area (Å²) in [6, 6.07) is 0. The van der Waals surface area contributed by atoms with Gasteiger partial charge in [0.2, 0.25) is 0 Å². The Labute approximate surface area is 43.7 Å². The van der Waals surface area contributed by atoms with Crippen LogP contribution in [0.1, 0.15) is 20.3 Å². The zero-order valence-corrected chi connectivity index (χ0v) is 4.73. The van der Waals surface area contributed by atoms with Gasteiger partial charge in [-0.25, -0.2) is 5.53 Å². The maximum atomic E-state index is 6.38. The standard InChI is InChI=1S/C5H10N2/c1-3-5(2)4-7-6/h4,6H,3H2,1-2H3/b5-4+,7-6?. The van der Waals surface area contributed by atoms with Crippen LogP contribution >= 0.6 is 0 Å². The summed E-state index contributed by atoms with van der Waals surface area (Å²) in [5.74, 6) is 0. The summed E-state index contributed by atoms with van der Waals surface area (Å²) in [6.45, 7) is 4.00. The molecule has 0 heterocycles. The molecule has 0 amide bonds. The van der Waals surface area contributed by atoms with E-state index in [-0.39, 0.29) is 0 Å². The van der Waals surface area contributed by atoms with Crippen molar-refractivity contribution in [3.8, 4) is 0 Å². The first-order valence-corrected chi connectivity index (χ1v) is 2.33. The smallest absolute Gasteiger partial charge is 0.0477 e. The Morgan fingerprint density at radius 2 is 2.43 bits per heavy atom. The Bertz CT molecular complexity index is 84.1. The highest BCUT2D eigenvalue weighted by Gasteiger charge is 1.76. The van der Waals surface area contributed by atoms with Crippen molar-refractivity contribution in [2.24, 2.45) is 5.11 Å². The summed E-state index contributed by atoms with van der Waals surface area (Å²) in [6.07, 6.45) is 2.54. The van der Waals surface area contributed by atoms with Crippen LogP contribution in [0.4, 0.5) is 0 Å². The third-order valence-corrected chi connectivity index (χ3v) is 0.843. The molecule has 0 fully saturated rings. The third-order valence-electron chi connectivity index (χ3n) is 0.843. The number of hydrogen-bond acceptors (Lipinski definition) is 2. The lowest BCUT2D eigenvalue weighted by atomic mass is 10.3. The normalized spacial score (nSPS) is 11.4. The molecule has 0 aromatic heterocycles. The molecule has 1 N–H and O–H groups in total. The quantitative estimate of drug-likeness (QED) is 0.514. The third kappa shape index (κ3) is 3.16. The number of allylic oxidation sites excluding steroid dienone is 1. The summed E-state index contributed by atoms with van der Waals surface area (Å²) < 4.78 is 0. The molecule has 0 aliphatic rings. The minimum Gasteiger partial charge on any atom is -0.205 e. The van der Waals surface area contributed by atoms with Gasteiger partial charge in [-0.3, -0.25) is 0 Å². The largest absolute Gasteiger partial charge is 0.205 e. The van der Waals surface area contributed by atoms with Crippen LogP contribution in [0.3, 0.4) is 0 Å². The number of nitrogens with one attached hydrogen (secondary N) is 1. The molecule has 0 aromatic carbocycles. The van der Waals surface area contributed by atoms with E-state index >= 15 is 0 Å². The van der Waals surface area contributed by atoms with Gasteiger partial charge in [0, 0.05) is 6.20 Å². The lowest BCUT2D eigenvalue weighted by Gasteiger charge is -1.84. The fourth-order valence-corrected chi connectivity index (χ4v) is 0.201. The second-order valence-corrected chi connectivity index (χ2v) is 1.46. The first-order valence-electron chi connectivity index (χ1n) is 2.33. The van der Waals surface area contributed by atoms with E-state index in [2.05, 4.69) is 5.11 Å². The van der Waals surface area contributed by atoms with Crippen molar-refractivity contribution in [1.29, 1.82) is 5.53 Å². The zero-order chi connectivity index (χ0) is 5.70. The van der Waals surface area contributed by atoms with E-state index in [1.807, 2.05) is 13.8 Å². The highest BCUT2D eigenvalue weighted by atomic mass is 14.9. The number of hydrogen-bond donors (Lipinski definition) is 1. The molecule has 0 saturated heterocycles. The Hall–Kier alpha value is -0.660. The molecule has 0 bridgehead atoms. The van der Waals surface area contributed by atoms with E-state index in [0.717, 1.165) is 12.0 Å². The summed E-state index contributed by atoms with van der Waals surface area (Å²) in [5, 5.41) is 3.09. The Kier molecular flexibility index (Phi) is 3.19. The van der Waals surface area contributed by atoms with Gasteiger partial charge in [0.15, 0.2) is 0 Å². The topological polar surface area (TPSA) is 36.2 Å². The summed E-state index contributed by atoms with van der Waals surface area (Å²) in [4.78, 5) is 0. The highest BCUT2D eigenvalue weighted by molar-refractivity contribution is 4.93. The van der Waals surface area contributed by atoms with Gasteiger partial charge in [0.1, 0.15) is 0 Å². The molecule has 2 nitrogen and oxygen atoms in total. The molecule has 0 aromatic rings. The van der Waals surface area contributed by atoms with Crippen LogP contribution in [-0.4, -0.2) is 0 Å². The van der Waals surface area contributed by atoms with Gasteiger partial charge < -0.3 is 0 Å². The first kappa shape index (κ1) is 6.34. The van der Waals surface area contributed by atoms with Crippen molar-refractivity contribution in [3.63, 3.8) is 0 Å². The molecular formula is C5H10N2. The fourth-order valence-electron chi connectivity index (χ4n) is 0.201. The van der Waals surface area contributed by atoms with Gasteiger partial charge in [0.25, 0.3) is 0 Å². The predicted octanol–water partition coefficient (Wildman–Crippen LogP) is 2.33. The van der Waals surface area contributed by atoms with Crippen molar-refractivity contribution >= 4 is 0 Å². The zero-order valence-electron chi connectivity index (χ0n) is 4.73. The van der Waals surface area contributed by atoms with Gasteiger partial charge >= 0.3 is 0 Å². The minimum atomic E-state index is 0.988.